The quantitative estimate of drug-likeness (QED) is 0.0197. The van der Waals surface area contributed by atoms with Crippen molar-refractivity contribution >= 4 is 86.0 Å². The first-order chi connectivity index (χ1) is 66.9. The van der Waals surface area contributed by atoms with Crippen molar-refractivity contribution in [3.8, 4) is 0 Å². The van der Waals surface area contributed by atoms with Crippen molar-refractivity contribution in [2.24, 2.45) is 41.4 Å². The van der Waals surface area contributed by atoms with Crippen LogP contribution in [0.1, 0.15) is 618 Å². The summed E-state index contributed by atoms with van der Waals surface area (Å²) < 4.78 is 24.5. The fourth-order valence-corrected chi connectivity index (χ4v) is 20.8. The number of hydrogen-bond donors (Lipinski definition) is 0. The monoisotopic (exact) mass is 1980 g/mol. The topological polar surface area (TPSA) is 191 Å². The van der Waals surface area contributed by atoms with Gasteiger partial charge in [-0.15, -0.1) is 0 Å². The third-order valence-corrected chi connectivity index (χ3v) is 30.3. The minimum atomic E-state index is -1.73. The van der Waals surface area contributed by atoms with Crippen LogP contribution in [0.15, 0.2) is 30.3 Å². The van der Waals surface area contributed by atoms with Crippen LogP contribution in [0.2, 0.25) is 0 Å². The van der Waals surface area contributed by atoms with Gasteiger partial charge in [-0.25, -0.2) is 0 Å². The van der Waals surface area contributed by atoms with Crippen molar-refractivity contribution in [3.05, 3.63) is 35.9 Å². The maximum atomic E-state index is 15.2. The lowest BCUT2D eigenvalue weighted by Gasteiger charge is -2.27. The fraction of sp³-hybridized carbons (Fsp3) is 0.876. The number of Topliss-reactive ketones (excluding diaryl/α,β-unsaturated/α-hetero) is 2. The molecule has 1 aromatic rings. The highest BCUT2D eigenvalue weighted by molar-refractivity contribution is 6.66. The van der Waals surface area contributed by atoms with Crippen molar-refractivity contribution in [1.29, 1.82) is 0 Å². The summed E-state index contributed by atoms with van der Waals surface area (Å²) in [6.45, 7) is 13.2. The molecule has 137 heavy (non-hydrogen) atoms. The van der Waals surface area contributed by atoms with Crippen molar-refractivity contribution < 1.29 is 62.1 Å². The van der Waals surface area contributed by atoms with E-state index in [9.17, 15) is 28.8 Å². The standard InChI is InChI=1S/C121H215Cl3O13/c1-7-12-16-20-24-28-32-36-40-44-48-52-56-60-64-68-72-76-80-87-93-134-118(130)104(6)97-108(119(131)135-94-88-81-77-73-69-65-61-57-53-49-45-41-37-33-29-25-21-17-13-8-2)99-109(120(132)136-95-89-82-78-74-70-66-62-58-54-50-46-42-38-34-30-26-22-18-14-9-3)100-110(121(133)137-96-90-83-79-75-71-67-63-59-55-51-47-43-39-35-31-27-23-19-15-10-4)103-114(126)112(117(124)129)101-106(115(122)127)98-107(116(123)128)102-113(125)111(11-5)105-91-85-84-86-92-105/h84-86,91-92,104,106-112H,7-83,87-90,93-103H2,1-6H3. The van der Waals surface area contributed by atoms with Crippen molar-refractivity contribution in [1.82, 2.24) is 0 Å². The first-order valence-corrected chi connectivity index (χ1v) is 60.4. The molecule has 0 aliphatic rings. The average Bonchev–Trinajstić information content (AvgIpc) is 0.838. The van der Waals surface area contributed by atoms with Gasteiger partial charge < -0.3 is 18.9 Å². The van der Waals surface area contributed by atoms with E-state index in [0.29, 0.717) is 32.1 Å². The lowest BCUT2D eigenvalue weighted by Crippen LogP contribution is -2.34. The first kappa shape index (κ1) is 131. The van der Waals surface area contributed by atoms with Gasteiger partial charge in [-0.3, -0.25) is 43.2 Å². The fourth-order valence-electron chi connectivity index (χ4n) is 20.3. The Morgan fingerprint density at radius 1 is 0.219 bits per heavy atom. The molecule has 8 atom stereocenters. The van der Waals surface area contributed by atoms with Crippen LogP contribution in [0.5, 0.6) is 0 Å². The number of hydrogen-bond acceptors (Lipinski definition) is 13. The number of esters is 4. The third-order valence-electron chi connectivity index (χ3n) is 29.4. The Kier molecular flexibility index (Phi) is 95.5. The van der Waals surface area contributed by atoms with E-state index in [0.717, 1.165) is 102 Å². The predicted octanol–water partition coefficient (Wildman–Crippen LogP) is 38.1. The molecule has 8 unspecified atom stereocenters. The number of carbonyl (C=O) groups excluding carboxylic acids is 9. The lowest BCUT2D eigenvalue weighted by atomic mass is 9.79. The highest BCUT2D eigenvalue weighted by atomic mass is 35.5. The molecule has 798 valence electrons. The summed E-state index contributed by atoms with van der Waals surface area (Å²) in [6, 6.07) is 9.15. The largest absolute Gasteiger partial charge is 0.465 e. The second-order valence-electron chi connectivity index (χ2n) is 42.3. The molecule has 13 nitrogen and oxygen atoms in total. The number of unbranched alkanes of at least 4 members (excludes halogenated alkanes) is 76. The molecule has 0 spiro atoms. The first-order valence-electron chi connectivity index (χ1n) is 59.3. The predicted molar refractivity (Wildman–Crippen MR) is 580 cm³/mol. The summed E-state index contributed by atoms with van der Waals surface area (Å²) in [5, 5.41) is -2.99. The Hall–Kier alpha value is -3.68. The SMILES string of the molecule is CCCCCCCCCCCCCCCCCCCCCCOC(=O)C(C)CC(CC(CC(CC(=O)C(CC(CC(CC(=O)C(CC)c1ccccc1)C(=O)Cl)C(=O)Cl)C(=O)Cl)C(=O)OCCCCCCCCCCCCCCCCCCCCCC)C(=O)OCCCCCCCCCCCCCCCCCCCCCC)C(=O)OCCCCCCCCCCCCCCCCCCCCCC. The second kappa shape index (κ2) is 99.7. The molecule has 1 aromatic carbocycles. The zero-order valence-electron chi connectivity index (χ0n) is 90.0. The molecule has 0 saturated carbocycles. The molecule has 0 fully saturated rings. The highest BCUT2D eigenvalue weighted by Gasteiger charge is 2.41. The minimum Gasteiger partial charge on any atom is -0.465 e. The van der Waals surface area contributed by atoms with E-state index in [-0.39, 0.29) is 64.3 Å². The van der Waals surface area contributed by atoms with E-state index in [1.807, 2.05) is 37.3 Å². The molecule has 0 aromatic heterocycles. The summed E-state index contributed by atoms with van der Waals surface area (Å²) in [7, 11) is 0. The van der Waals surface area contributed by atoms with Gasteiger partial charge in [-0.1, -0.05) is 560 Å². The molecule has 0 amide bonds. The Balaban J connectivity index is 3.59. The molecular weight excluding hydrogens is 1770 g/mol. The van der Waals surface area contributed by atoms with E-state index in [2.05, 4.69) is 27.7 Å². The summed E-state index contributed by atoms with van der Waals surface area (Å²) in [6.07, 6.45) is 96.8. The zero-order chi connectivity index (χ0) is 99.8. The molecule has 0 bridgehead atoms. The van der Waals surface area contributed by atoms with Crippen LogP contribution in [0.4, 0.5) is 0 Å². The maximum absolute atomic E-state index is 15.2. The number of benzene rings is 1. The van der Waals surface area contributed by atoms with Gasteiger partial charge in [0.2, 0.25) is 15.7 Å². The van der Waals surface area contributed by atoms with Crippen molar-refractivity contribution in [2.45, 2.75) is 612 Å². The van der Waals surface area contributed by atoms with E-state index in [1.54, 1.807) is 6.92 Å². The van der Waals surface area contributed by atoms with E-state index >= 15 is 14.4 Å². The molecule has 0 aliphatic carbocycles. The van der Waals surface area contributed by atoms with Gasteiger partial charge in [0.05, 0.1) is 56.0 Å². The van der Waals surface area contributed by atoms with Crippen molar-refractivity contribution in [3.63, 3.8) is 0 Å². The van der Waals surface area contributed by atoms with Crippen LogP contribution in [-0.4, -0.2) is 77.6 Å². The number of ketones is 2. The molecule has 0 heterocycles. The number of ether oxygens (including phenoxy) is 4. The van der Waals surface area contributed by atoms with Gasteiger partial charge in [0.1, 0.15) is 11.6 Å². The number of halogens is 3. The van der Waals surface area contributed by atoms with E-state index in [4.69, 9.17) is 53.8 Å². The molecule has 0 N–H and O–H groups in total. The van der Waals surface area contributed by atoms with E-state index in [1.165, 1.54) is 392 Å². The lowest BCUT2D eigenvalue weighted by molar-refractivity contribution is -0.157. The van der Waals surface area contributed by atoms with Crippen molar-refractivity contribution in [2.75, 3.05) is 26.4 Å². The minimum absolute atomic E-state index is 0.0216. The van der Waals surface area contributed by atoms with Crippen LogP contribution in [0, 0.1) is 41.4 Å². The molecular formula is C121H215Cl3O13. The number of carbonyl (C=O) groups is 9. The smallest absolute Gasteiger partial charge is 0.309 e. The van der Waals surface area contributed by atoms with Crippen LogP contribution >= 0.6 is 34.8 Å². The molecule has 16 heteroatoms. The Bertz CT molecular complexity index is 2940. The zero-order valence-corrected chi connectivity index (χ0v) is 92.3. The van der Waals surface area contributed by atoms with Crippen LogP contribution in [0.3, 0.4) is 0 Å². The van der Waals surface area contributed by atoms with Gasteiger partial charge in [0.25, 0.3) is 0 Å². The van der Waals surface area contributed by atoms with Crippen LogP contribution in [-0.2, 0) is 62.1 Å². The second-order valence-corrected chi connectivity index (χ2v) is 43.4. The van der Waals surface area contributed by atoms with Gasteiger partial charge in [0, 0.05) is 30.6 Å². The molecule has 0 radical (unpaired) electrons. The Morgan fingerprint density at radius 2 is 0.423 bits per heavy atom. The molecule has 0 saturated heterocycles. The average molecular weight is 1980 g/mol. The van der Waals surface area contributed by atoms with Gasteiger partial charge in [0.15, 0.2) is 0 Å². The van der Waals surface area contributed by atoms with Gasteiger partial charge in [-0.2, -0.15) is 0 Å². The highest BCUT2D eigenvalue weighted by Crippen LogP contribution is 2.36. The Labute approximate surface area is 858 Å². The number of rotatable bonds is 109. The Morgan fingerprint density at radius 3 is 0.657 bits per heavy atom. The van der Waals surface area contributed by atoms with Gasteiger partial charge in [-0.05, 0) is 105 Å². The van der Waals surface area contributed by atoms with Crippen LogP contribution < -0.4 is 0 Å². The summed E-state index contributed by atoms with van der Waals surface area (Å²) in [5.74, 6) is -12.9. The van der Waals surface area contributed by atoms with Crippen LogP contribution in [0.25, 0.3) is 0 Å². The van der Waals surface area contributed by atoms with Gasteiger partial charge >= 0.3 is 23.9 Å². The summed E-state index contributed by atoms with van der Waals surface area (Å²) >= 11 is 19.0. The normalized spacial score (nSPS) is 13.4. The molecule has 1 rings (SSSR count). The van der Waals surface area contributed by atoms with E-state index < -0.39 is 106 Å². The third kappa shape index (κ3) is 81.2. The maximum Gasteiger partial charge on any atom is 0.309 e. The summed E-state index contributed by atoms with van der Waals surface area (Å²) in [4.78, 5) is 129. The summed E-state index contributed by atoms with van der Waals surface area (Å²) in [5.41, 5.74) is 0.757. The molecule has 0 aliphatic heterocycles.